The molecule has 1 N–H and O–H groups in total. The minimum absolute atomic E-state index is 0.0803. The predicted molar refractivity (Wildman–Crippen MR) is 85.4 cm³/mol. The standard InChI is InChI=1S/C16H22N2OS/c1-2-3-4-5-9-12-18-15(19)14(17-16(18)20)13-10-7-6-8-11-13/h6-8,10-11,14H,2-5,9,12H2,1H3,(H,17,20). The van der Waals surface area contributed by atoms with Crippen LogP contribution < -0.4 is 5.32 Å². The van der Waals surface area contributed by atoms with E-state index in [-0.39, 0.29) is 11.9 Å². The highest BCUT2D eigenvalue weighted by Crippen LogP contribution is 2.22. The number of carbonyl (C=O) groups excluding carboxylic acids is 1. The van der Waals surface area contributed by atoms with E-state index < -0.39 is 0 Å². The summed E-state index contributed by atoms with van der Waals surface area (Å²) < 4.78 is 0. The van der Waals surface area contributed by atoms with E-state index in [9.17, 15) is 4.79 Å². The van der Waals surface area contributed by atoms with E-state index in [1.165, 1.54) is 19.3 Å². The van der Waals surface area contributed by atoms with E-state index in [2.05, 4.69) is 12.2 Å². The highest BCUT2D eigenvalue weighted by Gasteiger charge is 2.35. The summed E-state index contributed by atoms with van der Waals surface area (Å²) in [6, 6.07) is 9.46. The van der Waals surface area contributed by atoms with Crippen LogP contribution in [0.4, 0.5) is 0 Å². The van der Waals surface area contributed by atoms with E-state index in [4.69, 9.17) is 12.2 Å². The Bertz CT molecular complexity index is 461. The number of nitrogens with zero attached hydrogens (tertiary/aromatic N) is 1. The SMILES string of the molecule is CCCCCCCN1C(=O)C(c2ccccc2)NC1=S. The minimum atomic E-state index is -0.306. The molecule has 1 saturated heterocycles. The van der Waals surface area contributed by atoms with Crippen molar-refractivity contribution in [2.45, 2.75) is 45.1 Å². The Balaban J connectivity index is 1.89. The quantitative estimate of drug-likeness (QED) is 0.617. The van der Waals surface area contributed by atoms with Crippen molar-refractivity contribution in [1.29, 1.82) is 0 Å². The Morgan fingerprint density at radius 3 is 2.55 bits per heavy atom. The van der Waals surface area contributed by atoms with Gasteiger partial charge in [-0.3, -0.25) is 9.69 Å². The maximum Gasteiger partial charge on any atom is 0.255 e. The summed E-state index contributed by atoms with van der Waals surface area (Å²) in [5, 5.41) is 3.70. The molecule has 1 unspecified atom stereocenters. The van der Waals surface area contributed by atoms with Crippen LogP contribution in [0.3, 0.4) is 0 Å². The number of hydrogen-bond acceptors (Lipinski definition) is 2. The number of carbonyl (C=O) groups is 1. The van der Waals surface area contributed by atoms with Crippen molar-refractivity contribution < 1.29 is 4.79 Å². The second-order valence-electron chi connectivity index (χ2n) is 5.20. The van der Waals surface area contributed by atoms with Gasteiger partial charge in [0.2, 0.25) is 0 Å². The number of unbranched alkanes of at least 4 members (excludes halogenated alkanes) is 4. The molecule has 0 radical (unpaired) electrons. The van der Waals surface area contributed by atoms with Crippen LogP contribution >= 0.6 is 12.2 Å². The molecule has 1 heterocycles. The molecule has 108 valence electrons. The van der Waals surface area contributed by atoms with Gasteiger partial charge in [0.05, 0.1) is 0 Å². The van der Waals surface area contributed by atoms with Crippen molar-refractivity contribution >= 4 is 23.2 Å². The largest absolute Gasteiger partial charge is 0.347 e. The second-order valence-corrected chi connectivity index (χ2v) is 5.58. The molecule has 0 aliphatic carbocycles. The van der Waals surface area contributed by atoms with Gasteiger partial charge in [-0.1, -0.05) is 62.9 Å². The Kier molecular flexibility index (Phi) is 5.53. The molecular weight excluding hydrogens is 268 g/mol. The smallest absolute Gasteiger partial charge is 0.255 e. The van der Waals surface area contributed by atoms with Crippen LogP contribution in [0.2, 0.25) is 0 Å². The second kappa shape index (κ2) is 7.39. The summed E-state index contributed by atoms with van der Waals surface area (Å²) in [6.07, 6.45) is 5.92. The molecular formula is C16H22N2OS. The monoisotopic (exact) mass is 290 g/mol. The molecule has 1 fully saturated rings. The van der Waals surface area contributed by atoms with Crippen LogP contribution in [-0.4, -0.2) is 22.5 Å². The predicted octanol–water partition coefficient (Wildman–Crippen LogP) is 3.41. The first-order chi connectivity index (χ1) is 9.74. The van der Waals surface area contributed by atoms with E-state index >= 15 is 0 Å². The van der Waals surface area contributed by atoms with E-state index in [0.717, 1.165) is 24.9 Å². The molecule has 20 heavy (non-hydrogen) atoms. The fourth-order valence-electron chi connectivity index (χ4n) is 2.48. The van der Waals surface area contributed by atoms with Crippen molar-refractivity contribution in [3.8, 4) is 0 Å². The Morgan fingerprint density at radius 1 is 1.15 bits per heavy atom. The third-order valence-electron chi connectivity index (χ3n) is 3.64. The summed E-state index contributed by atoms with van der Waals surface area (Å²) in [4.78, 5) is 14.1. The number of benzene rings is 1. The molecule has 1 amide bonds. The lowest BCUT2D eigenvalue weighted by Gasteiger charge is -2.14. The average molecular weight is 290 g/mol. The van der Waals surface area contributed by atoms with Gasteiger partial charge in [0.1, 0.15) is 6.04 Å². The zero-order chi connectivity index (χ0) is 14.4. The van der Waals surface area contributed by atoms with Gasteiger partial charge in [0.25, 0.3) is 5.91 Å². The molecule has 2 rings (SSSR count). The first-order valence-corrected chi connectivity index (χ1v) is 7.81. The number of rotatable bonds is 7. The normalized spacial score (nSPS) is 18.4. The van der Waals surface area contributed by atoms with Gasteiger partial charge in [-0.2, -0.15) is 0 Å². The summed E-state index contributed by atoms with van der Waals surface area (Å²) in [5.74, 6) is 0.0803. The van der Waals surface area contributed by atoms with Gasteiger partial charge in [0.15, 0.2) is 5.11 Å². The lowest BCUT2D eigenvalue weighted by molar-refractivity contribution is -0.127. The number of hydrogen-bond donors (Lipinski definition) is 1. The maximum absolute atomic E-state index is 12.4. The van der Waals surface area contributed by atoms with Crippen molar-refractivity contribution in [3.63, 3.8) is 0 Å². The highest BCUT2D eigenvalue weighted by molar-refractivity contribution is 7.80. The van der Waals surface area contributed by atoms with E-state index in [1.54, 1.807) is 4.90 Å². The topological polar surface area (TPSA) is 32.3 Å². The zero-order valence-electron chi connectivity index (χ0n) is 12.0. The fourth-order valence-corrected chi connectivity index (χ4v) is 2.77. The average Bonchev–Trinajstić information content (AvgIpc) is 2.75. The summed E-state index contributed by atoms with van der Waals surface area (Å²) in [6.45, 7) is 2.94. The summed E-state index contributed by atoms with van der Waals surface area (Å²) >= 11 is 5.29. The van der Waals surface area contributed by atoms with Gasteiger partial charge in [0, 0.05) is 6.54 Å². The molecule has 1 aliphatic heterocycles. The molecule has 0 spiro atoms. The van der Waals surface area contributed by atoms with Crippen LogP contribution in [0.5, 0.6) is 0 Å². The van der Waals surface area contributed by atoms with Crippen molar-refractivity contribution in [3.05, 3.63) is 35.9 Å². The Morgan fingerprint density at radius 2 is 1.85 bits per heavy atom. The van der Waals surface area contributed by atoms with Crippen molar-refractivity contribution in [2.24, 2.45) is 0 Å². The Hall–Kier alpha value is -1.42. The number of amides is 1. The fraction of sp³-hybridized carbons (Fsp3) is 0.500. The van der Waals surface area contributed by atoms with E-state index in [0.29, 0.717) is 5.11 Å². The maximum atomic E-state index is 12.4. The van der Waals surface area contributed by atoms with Crippen LogP contribution in [0.25, 0.3) is 0 Å². The third kappa shape index (κ3) is 3.57. The first kappa shape index (κ1) is 15.0. The highest BCUT2D eigenvalue weighted by atomic mass is 32.1. The van der Waals surface area contributed by atoms with Crippen LogP contribution in [0, 0.1) is 0 Å². The molecule has 0 aromatic heterocycles. The summed E-state index contributed by atoms with van der Waals surface area (Å²) in [5.41, 5.74) is 0.980. The zero-order valence-corrected chi connectivity index (χ0v) is 12.8. The van der Waals surface area contributed by atoms with Crippen LogP contribution in [0.1, 0.15) is 50.6 Å². The van der Waals surface area contributed by atoms with Gasteiger partial charge in [-0.05, 0) is 24.2 Å². The molecule has 1 aromatic carbocycles. The van der Waals surface area contributed by atoms with Crippen molar-refractivity contribution in [1.82, 2.24) is 10.2 Å². The molecule has 4 heteroatoms. The van der Waals surface area contributed by atoms with Crippen LogP contribution in [0.15, 0.2) is 30.3 Å². The van der Waals surface area contributed by atoms with Gasteiger partial charge in [-0.15, -0.1) is 0 Å². The molecule has 3 nitrogen and oxygen atoms in total. The third-order valence-corrected chi connectivity index (χ3v) is 3.98. The van der Waals surface area contributed by atoms with E-state index in [1.807, 2.05) is 30.3 Å². The van der Waals surface area contributed by atoms with Gasteiger partial charge >= 0.3 is 0 Å². The lowest BCUT2D eigenvalue weighted by Crippen LogP contribution is -2.31. The van der Waals surface area contributed by atoms with Crippen molar-refractivity contribution in [2.75, 3.05) is 6.54 Å². The summed E-state index contributed by atoms with van der Waals surface area (Å²) in [7, 11) is 0. The lowest BCUT2D eigenvalue weighted by atomic mass is 10.1. The van der Waals surface area contributed by atoms with Crippen LogP contribution in [-0.2, 0) is 4.79 Å². The first-order valence-electron chi connectivity index (χ1n) is 7.41. The molecule has 1 aliphatic rings. The van der Waals surface area contributed by atoms with Gasteiger partial charge in [-0.25, -0.2) is 0 Å². The Labute approximate surface area is 126 Å². The molecule has 0 bridgehead atoms. The molecule has 1 aromatic rings. The minimum Gasteiger partial charge on any atom is -0.347 e. The van der Waals surface area contributed by atoms with Gasteiger partial charge < -0.3 is 5.32 Å². The number of nitrogens with one attached hydrogen (secondary N) is 1. The number of thiocarbonyl (C=S) groups is 1. The molecule has 0 saturated carbocycles. The molecule has 1 atom stereocenters.